The SMILES string of the molecule is CC(NCC1(O)CCOCC1)c1ccccc1. The Labute approximate surface area is 103 Å². The molecule has 1 aliphatic rings. The van der Waals surface area contributed by atoms with Crippen LogP contribution in [-0.4, -0.2) is 30.5 Å². The third-order valence-corrected chi connectivity index (χ3v) is 3.46. The van der Waals surface area contributed by atoms with Crippen LogP contribution in [0.25, 0.3) is 0 Å². The Morgan fingerprint density at radius 1 is 1.29 bits per heavy atom. The molecule has 1 aliphatic heterocycles. The van der Waals surface area contributed by atoms with Gasteiger partial charge in [-0.3, -0.25) is 0 Å². The van der Waals surface area contributed by atoms with Gasteiger partial charge in [0.2, 0.25) is 0 Å². The molecule has 1 aromatic carbocycles. The van der Waals surface area contributed by atoms with Crippen LogP contribution in [0.1, 0.15) is 31.4 Å². The van der Waals surface area contributed by atoms with Crippen LogP contribution in [-0.2, 0) is 4.74 Å². The van der Waals surface area contributed by atoms with Crippen LogP contribution in [0, 0.1) is 0 Å². The summed E-state index contributed by atoms with van der Waals surface area (Å²) in [7, 11) is 0. The van der Waals surface area contributed by atoms with Crippen molar-refractivity contribution in [3.63, 3.8) is 0 Å². The maximum Gasteiger partial charge on any atom is 0.0815 e. The van der Waals surface area contributed by atoms with Crippen LogP contribution >= 0.6 is 0 Å². The smallest absolute Gasteiger partial charge is 0.0815 e. The molecular weight excluding hydrogens is 214 g/mol. The molecule has 1 heterocycles. The lowest BCUT2D eigenvalue weighted by Crippen LogP contribution is -2.45. The fourth-order valence-corrected chi connectivity index (χ4v) is 2.13. The van der Waals surface area contributed by atoms with E-state index in [9.17, 15) is 5.11 Å². The van der Waals surface area contributed by atoms with E-state index in [1.165, 1.54) is 5.56 Å². The van der Waals surface area contributed by atoms with E-state index in [1.807, 2.05) is 18.2 Å². The minimum absolute atomic E-state index is 0.267. The molecule has 2 N–H and O–H groups in total. The molecule has 1 saturated heterocycles. The number of hydrogen-bond donors (Lipinski definition) is 2. The zero-order valence-corrected chi connectivity index (χ0v) is 10.4. The number of aliphatic hydroxyl groups is 1. The van der Waals surface area contributed by atoms with Crippen molar-refractivity contribution >= 4 is 0 Å². The van der Waals surface area contributed by atoms with Gasteiger partial charge in [-0.1, -0.05) is 30.3 Å². The van der Waals surface area contributed by atoms with Gasteiger partial charge in [-0.15, -0.1) is 0 Å². The molecule has 3 nitrogen and oxygen atoms in total. The number of nitrogens with one attached hydrogen (secondary N) is 1. The van der Waals surface area contributed by atoms with Gasteiger partial charge in [0.1, 0.15) is 0 Å². The molecule has 1 unspecified atom stereocenters. The van der Waals surface area contributed by atoms with E-state index in [-0.39, 0.29) is 6.04 Å². The van der Waals surface area contributed by atoms with Gasteiger partial charge in [-0.2, -0.15) is 0 Å². The van der Waals surface area contributed by atoms with Crippen molar-refractivity contribution in [3.05, 3.63) is 35.9 Å². The highest BCUT2D eigenvalue weighted by Gasteiger charge is 2.29. The van der Waals surface area contributed by atoms with Gasteiger partial charge in [-0.05, 0) is 12.5 Å². The molecule has 0 amide bonds. The van der Waals surface area contributed by atoms with Crippen molar-refractivity contribution < 1.29 is 9.84 Å². The standard InChI is InChI=1S/C14H21NO2/c1-12(13-5-3-2-4-6-13)15-11-14(16)7-9-17-10-8-14/h2-6,12,15-16H,7-11H2,1H3. The van der Waals surface area contributed by atoms with E-state index in [0.29, 0.717) is 19.8 Å². The van der Waals surface area contributed by atoms with E-state index in [2.05, 4.69) is 24.4 Å². The number of benzene rings is 1. The van der Waals surface area contributed by atoms with E-state index in [0.717, 1.165) is 12.8 Å². The lowest BCUT2D eigenvalue weighted by molar-refractivity contribution is -0.0626. The molecule has 17 heavy (non-hydrogen) atoms. The van der Waals surface area contributed by atoms with Crippen molar-refractivity contribution in [2.45, 2.75) is 31.4 Å². The van der Waals surface area contributed by atoms with Crippen LogP contribution in [0.5, 0.6) is 0 Å². The minimum atomic E-state index is -0.596. The molecule has 0 saturated carbocycles. The Morgan fingerprint density at radius 3 is 2.59 bits per heavy atom. The predicted octanol–water partition coefficient (Wildman–Crippen LogP) is 1.88. The van der Waals surface area contributed by atoms with E-state index in [4.69, 9.17) is 4.74 Å². The van der Waals surface area contributed by atoms with Crippen LogP contribution in [0.3, 0.4) is 0 Å². The lowest BCUT2D eigenvalue weighted by Gasteiger charge is -2.33. The second-order valence-corrected chi connectivity index (χ2v) is 4.85. The quantitative estimate of drug-likeness (QED) is 0.837. The summed E-state index contributed by atoms with van der Waals surface area (Å²) in [5.41, 5.74) is 0.657. The largest absolute Gasteiger partial charge is 0.388 e. The van der Waals surface area contributed by atoms with Gasteiger partial charge in [0.05, 0.1) is 5.60 Å². The summed E-state index contributed by atoms with van der Waals surface area (Å²) in [6.07, 6.45) is 1.45. The van der Waals surface area contributed by atoms with Crippen LogP contribution in [0.15, 0.2) is 30.3 Å². The molecule has 0 aromatic heterocycles. The molecule has 0 radical (unpaired) electrons. The summed E-state index contributed by atoms with van der Waals surface area (Å²) in [5.74, 6) is 0. The highest BCUT2D eigenvalue weighted by atomic mass is 16.5. The van der Waals surface area contributed by atoms with Crippen molar-refractivity contribution in [1.82, 2.24) is 5.32 Å². The van der Waals surface area contributed by atoms with Crippen LogP contribution in [0.4, 0.5) is 0 Å². The molecule has 94 valence electrons. The maximum absolute atomic E-state index is 10.3. The van der Waals surface area contributed by atoms with Gasteiger partial charge in [0.15, 0.2) is 0 Å². The Balaban J connectivity index is 1.85. The summed E-state index contributed by atoms with van der Waals surface area (Å²) in [4.78, 5) is 0. The fraction of sp³-hybridized carbons (Fsp3) is 0.571. The van der Waals surface area contributed by atoms with Gasteiger partial charge in [0.25, 0.3) is 0 Å². The molecular formula is C14H21NO2. The highest BCUT2D eigenvalue weighted by molar-refractivity contribution is 5.18. The zero-order chi connectivity index (χ0) is 12.1. The maximum atomic E-state index is 10.3. The summed E-state index contributed by atoms with van der Waals surface area (Å²) < 4.78 is 5.27. The average molecular weight is 235 g/mol. The number of hydrogen-bond acceptors (Lipinski definition) is 3. The molecule has 1 atom stereocenters. The second-order valence-electron chi connectivity index (χ2n) is 4.85. The first-order valence-electron chi connectivity index (χ1n) is 6.28. The third kappa shape index (κ3) is 3.53. The Kier molecular flexibility index (Phi) is 4.15. The first-order chi connectivity index (χ1) is 8.20. The van der Waals surface area contributed by atoms with Crippen LogP contribution in [0.2, 0.25) is 0 Å². The van der Waals surface area contributed by atoms with Gasteiger partial charge < -0.3 is 15.2 Å². The van der Waals surface area contributed by atoms with Crippen molar-refractivity contribution in [2.75, 3.05) is 19.8 Å². The summed E-state index contributed by atoms with van der Waals surface area (Å²) in [6.45, 7) is 4.08. The molecule has 1 aromatic rings. The normalized spacial score (nSPS) is 21.1. The molecule has 3 heteroatoms. The first kappa shape index (κ1) is 12.6. The molecule has 2 rings (SSSR count). The Hall–Kier alpha value is -0.900. The van der Waals surface area contributed by atoms with Crippen molar-refractivity contribution in [2.24, 2.45) is 0 Å². The third-order valence-electron chi connectivity index (χ3n) is 3.46. The average Bonchev–Trinajstić information content (AvgIpc) is 2.38. The summed E-state index contributed by atoms with van der Waals surface area (Å²) in [6, 6.07) is 10.6. The first-order valence-corrected chi connectivity index (χ1v) is 6.28. The van der Waals surface area contributed by atoms with Gasteiger partial charge in [0, 0.05) is 38.6 Å². The summed E-state index contributed by atoms with van der Waals surface area (Å²) in [5, 5.41) is 13.7. The predicted molar refractivity (Wildman–Crippen MR) is 67.9 cm³/mol. The Bertz CT molecular complexity index is 333. The zero-order valence-electron chi connectivity index (χ0n) is 10.4. The Morgan fingerprint density at radius 2 is 1.94 bits per heavy atom. The molecule has 0 aliphatic carbocycles. The monoisotopic (exact) mass is 235 g/mol. The highest BCUT2D eigenvalue weighted by Crippen LogP contribution is 2.21. The summed E-state index contributed by atoms with van der Waals surface area (Å²) >= 11 is 0. The van der Waals surface area contributed by atoms with E-state index >= 15 is 0 Å². The molecule has 0 bridgehead atoms. The minimum Gasteiger partial charge on any atom is -0.388 e. The van der Waals surface area contributed by atoms with Crippen molar-refractivity contribution in [1.29, 1.82) is 0 Å². The van der Waals surface area contributed by atoms with Gasteiger partial charge in [-0.25, -0.2) is 0 Å². The van der Waals surface area contributed by atoms with Gasteiger partial charge >= 0.3 is 0 Å². The molecule has 0 spiro atoms. The van der Waals surface area contributed by atoms with Crippen molar-refractivity contribution in [3.8, 4) is 0 Å². The number of rotatable bonds is 4. The lowest BCUT2D eigenvalue weighted by atomic mass is 9.94. The van der Waals surface area contributed by atoms with E-state index in [1.54, 1.807) is 0 Å². The second kappa shape index (κ2) is 5.63. The topological polar surface area (TPSA) is 41.5 Å². The molecule has 1 fully saturated rings. The van der Waals surface area contributed by atoms with E-state index < -0.39 is 5.60 Å². The number of ether oxygens (including phenoxy) is 1. The van der Waals surface area contributed by atoms with Crippen LogP contribution < -0.4 is 5.32 Å². The fourth-order valence-electron chi connectivity index (χ4n) is 2.13.